The summed E-state index contributed by atoms with van der Waals surface area (Å²) in [5, 5.41) is 2.65. The Kier molecular flexibility index (Phi) is 4.53. The summed E-state index contributed by atoms with van der Waals surface area (Å²) in [6.45, 7) is 10.8. The Hall–Kier alpha value is -2.02. The van der Waals surface area contributed by atoms with Crippen molar-refractivity contribution in [2.75, 3.05) is 6.54 Å². The fourth-order valence-electron chi connectivity index (χ4n) is 1.27. The number of benzene rings is 1. The molecule has 0 saturated carbocycles. The van der Waals surface area contributed by atoms with Gasteiger partial charge in [0.05, 0.1) is 0 Å². The molecule has 0 unspecified atom stereocenters. The average Bonchev–Trinajstić information content (AvgIpc) is 2.27. The van der Waals surface area contributed by atoms with Gasteiger partial charge in [-0.2, -0.15) is 0 Å². The van der Waals surface area contributed by atoms with Gasteiger partial charge in [0.25, 0.3) is 0 Å². The molecule has 90 valence electrons. The van der Waals surface area contributed by atoms with E-state index in [1.54, 1.807) is 13.8 Å². The van der Waals surface area contributed by atoms with Gasteiger partial charge in [-0.1, -0.05) is 30.3 Å². The maximum Gasteiger partial charge on any atom is 0.408 e. The third-order valence-corrected chi connectivity index (χ3v) is 2.13. The second kappa shape index (κ2) is 5.90. The molecule has 1 rings (SSSR count). The lowest BCUT2D eigenvalue weighted by Gasteiger charge is -2.19. The molecule has 0 aliphatic heterocycles. The van der Waals surface area contributed by atoms with E-state index in [2.05, 4.69) is 10.2 Å². The van der Waals surface area contributed by atoms with Crippen molar-refractivity contribution in [1.82, 2.24) is 5.32 Å². The molecule has 4 nitrogen and oxygen atoms in total. The summed E-state index contributed by atoms with van der Waals surface area (Å²) < 4.78 is 5.06. The summed E-state index contributed by atoms with van der Waals surface area (Å²) >= 11 is 0. The summed E-state index contributed by atoms with van der Waals surface area (Å²) in [6, 6.07) is 9.45. The summed E-state index contributed by atoms with van der Waals surface area (Å²) in [5.41, 5.74) is 0.376. The van der Waals surface area contributed by atoms with Crippen LogP contribution in [-0.4, -0.2) is 18.2 Å². The van der Waals surface area contributed by atoms with Crippen molar-refractivity contribution >= 4 is 6.09 Å². The van der Waals surface area contributed by atoms with Crippen LogP contribution in [0.1, 0.15) is 19.4 Å². The van der Waals surface area contributed by atoms with Gasteiger partial charge in [-0.3, -0.25) is 0 Å². The molecule has 1 aromatic rings. The maximum absolute atomic E-state index is 11.5. The lowest BCUT2D eigenvalue weighted by atomic mass is 10.1. The molecule has 0 saturated heterocycles. The van der Waals surface area contributed by atoms with Gasteiger partial charge < -0.3 is 14.9 Å². The fourth-order valence-corrected chi connectivity index (χ4v) is 1.27. The van der Waals surface area contributed by atoms with E-state index in [4.69, 9.17) is 11.3 Å². The number of rotatable bonds is 4. The first-order valence-corrected chi connectivity index (χ1v) is 5.35. The number of amides is 1. The molecular formula is C13H16N2O2. The topological polar surface area (TPSA) is 42.7 Å². The Morgan fingerprint density at radius 1 is 1.41 bits per heavy atom. The predicted octanol–water partition coefficient (Wildman–Crippen LogP) is 2.61. The second-order valence-electron chi connectivity index (χ2n) is 4.39. The van der Waals surface area contributed by atoms with Crippen molar-refractivity contribution in [3.63, 3.8) is 0 Å². The molecular weight excluding hydrogens is 216 g/mol. The molecule has 1 aromatic carbocycles. The van der Waals surface area contributed by atoms with E-state index in [0.717, 1.165) is 5.56 Å². The van der Waals surface area contributed by atoms with Gasteiger partial charge >= 0.3 is 6.09 Å². The van der Waals surface area contributed by atoms with E-state index in [9.17, 15) is 4.79 Å². The second-order valence-corrected chi connectivity index (χ2v) is 4.39. The Bertz CT molecular complexity index is 407. The number of nitrogens with one attached hydrogen (secondary N) is 1. The number of hydrogen-bond donors (Lipinski definition) is 1. The normalized spacial score (nSPS) is 10.4. The van der Waals surface area contributed by atoms with Gasteiger partial charge in [0.1, 0.15) is 12.1 Å². The number of alkyl carbamates (subject to hydrolysis) is 1. The molecule has 0 atom stereocenters. The van der Waals surface area contributed by atoms with E-state index in [1.807, 2.05) is 30.3 Å². The van der Waals surface area contributed by atoms with Gasteiger partial charge in [0.15, 0.2) is 0 Å². The number of hydrogen-bond acceptors (Lipinski definition) is 2. The van der Waals surface area contributed by atoms with E-state index in [-0.39, 0.29) is 13.2 Å². The Morgan fingerprint density at radius 2 is 2.06 bits per heavy atom. The zero-order valence-corrected chi connectivity index (χ0v) is 10.1. The Morgan fingerprint density at radius 3 is 2.65 bits per heavy atom. The first-order valence-electron chi connectivity index (χ1n) is 5.35. The number of nitrogens with zero attached hydrogens (tertiary/aromatic N) is 1. The minimum Gasteiger partial charge on any atom is -0.445 e. The molecule has 4 heteroatoms. The molecule has 0 aliphatic carbocycles. The van der Waals surface area contributed by atoms with Crippen LogP contribution >= 0.6 is 0 Å². The lowest BCUT2D eigenvalue weighted by molar-refractivity contribution is 0.131. The van der Waals surface area contributed by atoms with E-state index >= 15 is 0 Å². The minimum atomic E-state index is -0.560. The highest BCUT2D eigenvalue weighted by Gasteiger charge is 2.24. The van der Waals surface area contributed by atoms with E-state index < -0.39 is 11.6 Å². The molecule has 0 radical (unpaired) electrons. The Labute approximate surface area is 101 Å². The lowest BCUT2D eigenvalue weighted by Crippen LogP contribution is -2.45. The third-order valence-electron chi connectivity index (χ3n) is 2.13. The zero-order chi connectivity index (χ0) is 12.7. The molecule has 0 heterocycles. The Balaban J connectivity index is 2.39. The third kappa shape index (κ3) is 5.03. The monoisotopic (exact) mass is 232 g/mol. The fraction of sp³-hybridized carbons (Fsp3) is 0.385. The minimum absolute atomic E-state index is 0.230. The molecule has 0 bridgehead atoms. The highest BCUT2D eigenvalue weighted by Crippen LogP contribution is 2.05. The smallest absolute Gasteiger partial charge is 0.408 e. The van der Waals surface area contributed by atoms with Crippen LogP contribution in [0.25, 0.3) is 4.85 Å². The molecule has 0 aromatic heterocycles. The average molecular weight is 232 g/mol. The van der Waals surface area contributed by atoms with Gasteiger partial charge in [-0.15, -0.1) is 0 Å². The molecule has 0 fully saturated rings. The summed E-state index contributed by atoms with van der Waals surface area (Å²) in [4.78, 5) is 14.7. The van der Waals surface area contributed by atoms with Crippen LogP contribution in [0.2, 0.25) is 0 Å². The number of carbonyl (C=O) groups is 1. The largest absolute Gasteiger partial charge is 0.445 e. The predicted molar refractivity (Wildman–Crippen MR) is 65.3 cm³/mol. The van der Waals surface area contributed by atoms with Crippen molar-refractivity contribution in [2.24, 2.45) is 0 Å². The highest BCUT2D eigenvalue weighted by molar-refractivity contribution is 5.68. The summed E-state index contributed by atoms with van der Waals surface area (Å²) in [7, 11) is 0. The highest BCUT2D eigenvalue weighted by atomic mass is 16.5. The SMILES string of the molecule is [C-]#[N+]CC(C)(C)NC(=O)OCc1ccccc1. The zero-order valence-electron chi connectivity index (χ0n) is 10.1. The van der Waals surface area contributed by atoms with Gasteiger partial charge in [-0.05, 0) is 19.4 Å². The van der Waals surface area contributed by atoms with Crippen LogP contribution in [-0.2, 0) is 11.3 Å². The van der Waals surface area contributed by atoms with Gasteiger partial charge in [0.2, 0.25) is 6.54 Å². The van der Waals surface area contributed by atoms with Crippen LogP contribution in [0, 0.1) is 6.57 Å². The van der Waals surface area contributed by atoms with Crippen LogP contribution < -0.4 is 5.32 Å². The van der Waals surface area contributed by atoms with Crippen LogP contribution in [0.4, 0.5) is 4.79 Å². The number of carbonyl (C=O) groups excluding carboxylic acids is 1. The van der Waals surface area contributed by atoms with Gasteiger partial charge in [0, 0.05) is 0 Å². The van der Waals surface area contributed by atoms with Crippen LogP contribution in [0.5, 0.6) is 0 Å². The van der Waals surface area contributed by atoms with E-state index in [1.165, 1.54) is 0 Å². The van der Waals surface area contributed by atoms with Crippen molar-refractivity contribution in [2.45, 2.75) is 26.0 Å². The van der Waals surface area contributed by atoms with Crippen molar-refractivity contribution < 1.29 is 9.53 Å². The van der Waals surface area contributed by atoms with Crippen molar-refractivity contribution in [3.8, 4) is 0 Å². The number of ether oxygens (including phenoxy) is 1. The standard InChI is InChI=1S/C13H16N2O2/c1-13(2,10-14-3)15-12(16)17-9-11-7-5-4-6-8-11/h4-8H,9-10H2,1-2H3,(H,15,16). The molecule has 0 aliphatic rings. The summed E-state index contributed by atoms with van der Waals surface area (Å²) in [6.07, 6.45) is -0.498. The van der Waals surface area contributed by atoms with Crippen LogP contribution in [0.3, 0.4) is 0 Å². The quantitative estimate of drug-likeness (QED) is 0.811. The van der Waals surface area contributed by atoms with E-state index in [0.29, 0.717) is 0 Å². The summed E-state index contributed by atoms with van der Waals surface area (Å²) in [5.74, 6) is 0. The first kappa shape index (κ1) is 13.0. The van der Waals surface area contributed by atoms with Crippen LogP contribution in [0.15, 0.2) is 30.3 Å². The van der Waals surface area contributed by atoms with Crippen molar-refractivity contribution in [3.05, 3.63) is 47.3 Å². The molecule has 0 spiro atoms. The first-order chi connectivity index (χ1) is 8.03. The van der Waals surface area contributed by atoms with Gasteiger partial charge in [-0.25, -0.2) is 11.4 Å². The molecule has 1 amide bonds. The maximum atomic E-state index is 11.5. The molecule has 17 heavy (non-hydrogen) atoms. The van der Waals surface area contributed by atoms with Crippen molar-refractivity contribution in [1.29, 1.82) is 0 Å². The molecule has 1 N–H and O–H groups in total.